The van der Waals surface area contributed by atoms with Crippen molar-refractivity contribution in [2.45, 2.75) is 12.6 Å². The van der Waals surface area contributed by atoms with Gasteiger partial charge in [-0.2, -0.15) is 0 Å². The molecule has 4 nitrogen and oxygen atoms in total. The summed E-state index contributed by atoms with van der Waals surface area (Å²) < 4.78 is 0. The highest BCUT2D eigenvalue weighted by molar-refractivity contribution is 5.97. The van der Waals surface area contributed by atoms with E-state index in [1.165, 1.54) is 5.56 Å². The fourth-order valence-electron chi connectivity index (χ4n) is 3.74. The van der Waals surface area contributed by atoms with E-state index in [1.54, 1.807) is 6.08 Å². The molecule has 1 aliphatic carbocycles. The summed E-state index contributed by atoms with van der Waals surface area (Å²) >= 11 is 0. The minimum Gasteiger partial charge on any atom is -0.383 e. The molecular weight excluding hydrogens is 358 g/mol. The number of nitrogens with zero attached hydrogens (tertiary/aromatic N) is 1. The van der Waals surface area contributed by atoms with Gasteiger partial charge in [-0.3, -0.25) is 4.79 Å². The van der Waals surface area contributed by atoms with Crippen molar-refractivity contribution in [3.63, 3.8) is 0 Å². The second-order valence-corrected chi connectivity index (χ2v) is 7.28. The molecular formula is C25H25N3O. The van der Waals surface area contributed by atoms with Crippen molar-refractivity contribution >= 4 is 11.6 Å². The quantitative estimate of drug-likeness (QED) is 0.841. The van der Waals surface area contributed by atoms with Crippen LogP contribution in [0.4, 0.5) is 5.69 Å². The largest absolute Gasteiger partial charge is 0.383 e. The van der Waals surface area contributed by atoms with E-state index < -0.39 is 0 Å². The molecule has 0 radical (unpaired) electrons. The predicted molar refractivity (Wildman–Crippen MR) is 119 cm³/mol. The van der Waals surface area contributed by atoms with Crippen LogP contribution in [0.3, 0.4) is 0 Å². The number of nitrogens with one attached hydrogen (secondary N) is 1. The first kappa shape index (κ1) is 19.0. The first-order valence-electron chi connectivity index (χ1n) is 9.85. The average Bonchev–Trinajstić information content (AvgIpc) is 2.97. The van der Waals surface area contributed by atoms with E-state index in [0.29, 0.717) is 18.7 Å². The van der Waals surface area contributed by atoms with Gasteiger partial charge in [0, 0.05) is 36.9 Å². The summed E-state index contributed by atoms with van der Waals surface area (Å²) in [5.74, 6) is 0.0166. The van der Waals surface area contributed by atoms with E-state index in [0.717, 1.165) is 28.9 Å². The van der Waals surface area contributed by atoms with Crippen molar-refractivity contribution in [2.24, 2.45) is 5.73 Å². The van der Waals surface area contributed by atoms with Crippen molar-refractivity contribution < 1.29 is 4.79 Å². The van der Waals surface area contributed by atoms with Crippen molar-refractivity contribution in [3.8, 4) is 11.1 Å². The lowest BCUT2D eigenvalue weighted by molar-refractivity contribution is -0.127. The molecule has 1 heterocycles. The van der Waals surface area contributed by atoms with Gasteiger partial charge in [0.05, 0.1) is 0 Å². The number of fused-ring (bicyclic) bond motifs is 1. The number of benzene rings is 2. The Kier molecular flexibility index (Phi) is 5.45. The Morgan fingerprint density at radius 3 is 2.79 bits per heavy atom. The molecule has 0 bridgehead atoms. The van der Waals surface area contributed by atoms with Gasteiger partial charge in [-0.25, -0.2) is 0 Å². The molecule has 2 aromatic carbocycles. The normalized spacial score (nSPS) is 19.8. The molecule has 4 rings (SSSR count). The van der Waals surface area contributed by atoms with Crippen LogP contribution >= 0.6 is 0 Å². The lowest BCUT2D eigenvalue weighted by Crippen LogP contribution is -2.34. The Morgan fingerprint density at radius 1 is 1.17 bits per heavy atom. The van der Waals surface area contributed by atoms with Crippen LogP contribution in [0.15, 0.2) is 96.6 Å². The second-order valence-electron chi connectivity index (χ2n) is 7.28. The Labute approximate surface area is 171 Å². The molecule has 146 valence electrons. The van der Waals surface area contributed by atoms with E-state index in [4.69, 9.17) is 5.73 Å². The minimum atomic E-state index is -0.204. The highest BCUT2D eigenvalue weighted by Gasteiger charge is 2.23. The summed E-state index contributed by atoms with van der Waals surface area (Å²) in [6.45, 7) is 5.66. The maximum absolute atomic E-state index is 13.2. The monoisotopic (exact) mass is 383 g/mol. The van der Waals surface area contributed by atoms with E-state index in [9.17, 15) is 4.79 Å². The van der Waals surface area contributed by atoms with Gasteiger partial charge >= 0.3 is 0 Å². The molecule has 0 spiro atoms. The van der Waals surface area contributed by atoms with E-state index in [-0.39, 0.29) is 11.9 Å². The van der Waals surface area contributed by atoms with Crippen molar-refractivity contribution in [1.29, 1.82) is 0 Å². The van der Waals surface area contributed by atoms with Gasteiger partial charge in [-0.15, -0.1) is 0 Å². The molecule has 0 saturated heterocycles. The molecule has 2 aliphatic rings. The van der Waals surface area contributed by atoms with Crippen LogP contribution in [-0.4, -0.2) is 29.9 Å². The van der Waals surface area contributed by atoms with Crippen molar-refractivity contribution in [2.75, 3.05) is 18.4 Å². The second kappa shape index (κ2) is 8.33. The van der Waals surface area contributed by atoms with Gasteiger partial charge in [0.1, 0.15) is 0 Å². The SMILES string of the molecule is C=C/C=C1/C=C(C(=O)N2CCNc3ccc(-c4ccccc4)cc3C2)C=CC1N. The zero-order valence-electron chi connectivity index (χ0n) is 16.3. The van der Waals surface area contributed by atoms with Crippen LogP contribution in [-0.2, 0) is 11.3 Å². The first-order chi connectivity index (χ1) is 14.2. The van der Waals surface area contributed by atoms with Crippen LogP contribution in [0.5, 0.6) is 0 Å². The van der Waals surface area contributed by atoms with Gasteiger partial charge in [-0.1, -0.05) is 67.3 Å². The smallest absolute Gasteiger partial charge is 0.254 e. The zero-order valence-corrected chi connectivity index (χ0v) is 16.3. The first-order valence-corrected chi connectivity index (χ1v) is 9.85. The lowest BCUT2D eigenvalue weighted by Gasteiger charge is -2.23. The predicted octanol–water partition coefficient (Wildman–Crippen LogP) is 4.04. The maximum Gasteiger partial charge on any atom is 0.254 e. The summed E-state index contributed by atoms with van der Waals surface area (Å²) in [7, 11) is 0. The highest BCUT2D eigenvalue weighted by atomic mass is 16.2. The Bertz CT molecular complexity index is 1020. The van der Waals surface area contributed by atoms with Gasteiger partial charge in [0.25, 0.3) is 5.91 Å². The third-order valence-corrected chi connectivity index (χ3v) is 5.31. The topological polar surface area (TPSA) is 58.4 Å². The minimum absolute atomic E-state index is 0.0166. The molecule has 0 fully saturated rings. The maximum atomic E-state index is 13.2. The van der Waals surface area contributed by atoms with Gasteiger partial charge in [0.15, 0.2) is 0 Å². The summed E-state index contributed by atoms with van der Waals surface area (Å²) in [5, 5.41) is 3.45. The highest BCUT2D eigenvalue weighted by Crippen LogP contribution is 2.28. The van der Waals surface area contributed by atoms with E-state index >= 15 is 0 Å². The molecule has 1 atom stereocenters. The van der Waals surface area contributed by atoms with Gasteiger partial charge < -0.3 is 16.0 Å². The molecule has 0 aromatic heterocycles. The molecule has 1 aliphatic heterocycles. The van der Waals surface area contributed by atoms with Crippen LogP contribution in [0.1, 0.15) is 5.56 Å². The molecule has 4 heteroatoms. The number of amides is 1. The van der Waals surface area contributed by atoms with Gasteiger partial charge in [0.2, 0.25) is 0 Å². The number of anilines is 1. The van der Waals surface area contributed by atoms with Crippen LogP contribution < -0.4 is 11.1 Å². The summed E-state index contributed by atoms with van der Waals surface area (Å²) in [6.07, 6.45) is 9.11. The number of allylic oxidation sites excluding steroid dienone is 2. The third kappa shape index (κ3) is 4.08. The summed E-state index contributed by atoms with van der Waals surface area (Å²) in [4.78, 5) is 15.1. The fourth-order valence-corrected chi connectivity index (χ4v) is 3.74. The average molecular weight is 383 g/mol. The van der Waals surface area contributed by atoms with Crippen LogP contribution in [0.2, 0.25) is 0 Å². The molecule has 0 saturated carbocycles. The number of carbonyl (C=O) groups is 1. The zero-order chi connectivity index (χ0) is 20.2. The van der Waals surface area contributed by atoms with Gasteiger partial charge in [-0.05, 0) is 40.5 Å². The molecule has 3 N–H and O–H groups in total. The Morgan fingerprint density at radius 2 is 2.00 bits per heavy atom. The number of carbonyl (C=O) groups excluding carboxylic acids is 1. The lowest BCUT2D eigenvalue weighted by atomic mass is 9.96. The van der Waals surface area contributed by atoms with E-state index in [2.05, 4.69) is 42.2 Å². The summed E-state index contributed by atoms with van der Waals surface area (Å²) in [6, 6.07) is 16.5. The van der Waals surface area contributed by atoms with Crippen molar-refractivity contribution in [1.82, 2.24) is 4.90 Å². The Balaban J connectivity index is 1.61. The molecule has 1 amide bonds. The molecule has 1 unspecified atom stereocenters. The number of rotatable bonds is 3. The molecule has 2 aromatic rings. The molecule has 29 heavy (non-hydrogen) atoms. The van der Waals surface area contributed by atoms with E-state index in [1.807, 2.05) is 47.4 Å². The Hall–Kier alpha value is -3.37. The number of hydrogen-bond donors (Lipinski definition) is 2. The standard InChI is InChI=1S/C25H25N3O/c1-2-6-20-16-21(9-11-23(20)26)25(29)28-14-13-27-24-12-10-19(15-22(24)17-28)18-7-4-3-5-8-18/h2-12,15-16,23,27H,1,13-14,17,26H2/b20-6-. The fraction of sp³-hybridized carbons (Fsp3) is 0.160. The van der Waals surface area contributed by atoms with Crippen LogP contribution in [0.25, 0.3) is 11.1 Å². The van der Waals surface area contributed by atoms with Crippen molar-refractivity contribution in [3.05, 3.63) is 102 Å². The number of nitrogens with two attached hydrogens (primary N) is 1. The third-order valence-electron chi connectivity index (χ3n) is 5.31. The summed E-state index contributed by atoms with van der Waals surface area (Å²) in [5.41, 5.74) is 12.2. The van der Waals surface area contributed by atoms with Crippen LogP contribution in [0, 0.1) is 0 Å². The number of hydrogen-bond acceptors (Lipinski definition) is 3.